The summed E-state index contributed by atoms with van der Waals surface area (Å²) in [6, 6.07) is 17.9. The van der Waals surface area contributed by atoms with Crippen LogP contribution in [0.3, 0.4) is 0 Å². The van der Waals surface area contributed by atoms with E-state index in [0.29, 0.717) is 12.3 Å². The molecule has 31 heavy (non-hydrogen) atoms. The highest BCUT2D eigenvalue weighted by molar-refractivity contribution is 5.46. The Hall–Kier alpha value is -3.65. The fourth-order valence-corrected chi connectivity index (χ4v) is 3.65. The van der Waals surface area contributed by atoms with Gasteiger partial charge in [0.25, 0.3) is 5.69 Å². The molecule has 0 atom stereocenters. The van der Waals surface area contributed by atoms with Crippen molar-refractivity contribution in [1.82, 2.24) is 0 Å². The number of nitrogens with zero attached hydrogens (tertiary/aromatic N) is 2. The van der Waals surface area contributed by atoms with E-state index in [1.54, 1.807) is 12.1 Å². The molecular weight excluding hydrogens is 398 g/mol. The summed E-state index contributed by atoms with van der Waals surface area (Å²) >= 11 is 0. The Bertz CT molecular complexity index is 1070. The second kappa shape index (κ2) is 9.44. The third-order valence-electron chi connectivity index (χ3n) is 5.41. The number of nitro benzene ring substituents is 1. The third kappa shape index (κ3) is 5.29. The van der Waals surface area contributed by atoms with Crippen molar-refractivity contribution in [2.45, 2.75) is 13.2 Å². The second-order valence-corrected chi connectivity index (χ2v) is 7.54. The summed E-state index contributed by atoms with van der Waals surface area (Å²) in [4.78, 5) is 26.4. The van der Waals surface area contributed by atoms with Crippen molar-refractivity contribution in [3.05, 3.63) is 98.6 Å². The van der Waals surface area contributed by atoms with Crippen LogP contribution in [-0.2, 0) is 13.2 Å². The number of piperazine rings is 1. The predicted molar refractivity (Wildman–Crippen MR) is 115 cm³/mol. The van der Waals surface area contributed by atoms with Gasteiger partial charge in [-0.25, -0.2) is 0 Å². The van der Waals surface area contributed by atoms with Gasteiger partial charge in [0.15, 0.2) is 5.76 Å². The second-order valence-electron chi connectivity index (χ2n) is 7.54. The molecule has 0 radical (unpaired) electrons. The molecule has 8 heteroatoms. The molecule has 3 aromatic rings. The molecule has 0 amide bonds. The van der Waals surface area contributed by atoms with Gasteiger partial charge in [-0.1, -0.05) is 18.2 Å². The summed E-state index contributed by atoms with van der Waals surface area (Å²) in [5.41, 5.74) is 1.75. The maximum Gasteiger partial charge on any atom is 0.269 e. The van der Waals surface area contributed by atoms with E-state index in [1.807, 2.05) is 6.07 Å². The first-order valence-electron chi connectivity index (χ1n) is 10.2. The molecule has 1 aromatic heterocycles. The maximum atomic E-state index is 12.4. The predicted octanol–water partition coefficient (Wildman–Crippen LogP) is 2.03. The number of para-hydroxylation sites is 1. The van der Waals surface area contributed by atoms with Gasteiger partial charge in [-0.3, -0.25) is 14.9 Å². The minimum absolute atomic E-state index is 0.0136. The minimum atomic E-state index is -0.457. The number of quaternary nitrogens is 1. The zero-order valence-electron chi connectivity index (χ0n) is 17.0. The van der Waals surface area contributed by atoms with Gasteiger partial charge in [0.1, 0.15) is 19.4 Å². The van der Waals surface area contributed by atoms with E-state index in [-0.39, 0.29) is 23.5 Å². The summed E-state index contributed by atoms with van der Waals surface area (Å²) in [5.74, 6) is 0.766. The highest BCUT2D eigenvalue weighted by Gasteiger charge is 2.21. The van der Waals surface area contributed by atoms with Crippen LogP contribution < -0.4 is 20.0 Å². The SMILES string of the molecule is O=c1cc(C[NH+]2CCN(c3ccccc3)CC2)occ1OCc1ccc([N+](=O)[O-])cc1. The third-order valence-corrected chi connectivity index (χ3v) is 5.41. The van der Waals surface area contributed by atoms with E-state index in [0.717, 1.165) is 31.7 Å². The molecule has 0 unspecified atom stereocenters. The van der Waals surface area contributed by atoms with Crippen LogP contribution in [0.4, 0.5) is 11.4 Å². The highest BCUT2D eigenvalue weighted by Crippen LogP contribution is 2.15. The smallest absolute Gasteiger partial charge is 0.269 e. The van der Waals surface area contributed by atoms with Gasteiger partial charge in [-0.15, -0.1) is 0 Å². The number of rotatable bonds is 7. The van der Waals surface area contributed by atoms with E-state index >= 15 is 0 Å². The summed E-state index contributed by atoms with van der Waals surface area (Å²) in [7, 11) is 0. The van der Waals surface area contributed by atoms with E-state index in [1.165, 1.54) is 35.0 Å². The van der Waals surface area contributed by atoms with Gasteiger partial charge in [0.2, 0.25) is 11.2 Å². The Labute approximate surface area is 179 Å². The lowest BCUT2D eigenvalue weighted by Gasteiger charge is -2.33. The van der Waals surface area contributed by atoms with E-state index < -0.39 is 4.92 Å². The molecule has 8 nitrogen and oxygen atoms in total. The lowest BCUT2D eigenvalue weighted by Crippen LogP contribution is -3.13. The van der Waals surface area contributed by atoms with Crippen LogP contribution in [0.15, 0.2) is 76.1 Å². The van der Waals surface area contributed by atoms with E-state index in [9.17, 15) is 14.9 Å². The molecule has 1 N–H and O–H groups in total. The molecule has 1 fully saturated rings. The molecule has 0 spiro atoms. The first-order chi connectivity index (χ1) is 15.1. The molecule has 1 aliphatic heterocycles. The average molecular weight is 422 g/mol. The van der Waals surface area contributed by atoms with Crippen LogP contribution in [-0.4, -0.2) is 31.1 Å². The molecule has 1 saturated heterocycles. The number of benzene rings is 2. The monoisotopic (exact) mass is 422 g/mol. The van der Waals surface area contributed by atoms with Crippen molar-refractivity contribution in [1.29, 1.82) is 0 Å². The Balaban J connectivity index is 1.30. The first kappa shape index (κ1) is 20.6. The molecule has 2 heterocycles. The average Bonchev–Trinajstić information content (AvgIpc) is 2.80. The van der Waals surface area contributed by atoms with Crippen molar-refractivity contribution >= 4 is 11.4 Å². The van der Waals surface area contributed by atoms with Crippen LogP contribution in [0.25, 0.3) is 0 Å². The van der Waals surface area contributed by atoms with Gasteiger partial charge in [-0.2, -0.15) is 0 Å². The van der Waals surface area contributed by atoms with Crippen LogP contribution in [0, 0.1) is 10.1 Å². The number of ether oxygens (including phenoxy) is 1. The lowest BCUT2D eigenvalue weighted by molar-refractivity contribution is -0.915. The Morgan fingerprint density at radius 3 is 2.42 bits per heavy atom. The van der Waals surface area contributed by atoms with Gasteiger partial charge >= 0.3 is 0 Å². The Kier molecular flexibility index (Phi) is 6.28. The van der Waals surface area contributed by atoms with E-state index in [2.05, 4.69) is 29.2 Å². The standard InChI is InChI=1S/C23H23N3O5/c27-22-14-21(15-24-10-12-25(13-11-24)19-4-2-1-3-5-19)30-17-23(22)31-16-18-6-8-20(9-7-18)26(28)29/h1-9,14,17H,10-13,15-16H2/p+1. The van der Waals surface area contributed by atoms with Crippen molar-refractivity contribution in [3.63, 3.8) is 0 Å². The topological polar surface area (TPSA) is 90.3 Å². The van der Waals surface area contributed by atoms with Crippen molar-refractivity contribution in [3.8, 4) is 5.75 Å². The van der Waals surface area contributed by atoms with Crippen molar-refractivity contribution in [2.75, 3.05) is 31.1 Å². The Morgan fingerprint density at radius 2 is 1.77 bits per heavy atom. The maximum absolute atomic E-state index is 12.4. The largest absolute Gasteiger partial charge is 0.482 e. The number of hydrogen-bond donors (Lipinski definition) is 1. The normalized spacial score (nSPS) is 14.4. The van der Waals surface area contributed by atoms with Crippen molar-refractivity contribution in [2.24, 2.45) is 0 Å². The number of anilines is 1. The summed E-state index contributed by atoms with van der Waals surface area (Å²) in [6.07, 6.45) is 1.35. The van der Waals surface area contributed by atoms with Gasteiger partial charge in [-0.05, 0) is 29.8 Å². The molecule has 2 aromatic carbocycles. The van der Waals surface area contributed by atoms with Gasteiger partial charge in [0, 0.05) is 23.9 Å². The molecule has 1 aliphatic rings. The van der Waals surface area contributed by atoms with Crippen LogP contribution in [0.1, 0.15) is 11.3 Å². The fourth-order valence-electron chi connectivity index (χ4n) is 3.65. The summed E-state index contributed by atoms with van der Waals surface area (Å²) < 4.78 is 11.2. The quantitative estimate of drug-likeness (QED) is 0.463. The molecule has 160 valence electrons. The molecular formula is C23H24N3O5+. The van der Waals surface area contributed by atoms with Gasteiger partial charge < -0.3 is 19.0 Å². The first-order valence-corrected chi connectivity index (χ1v) is 10.2. The number of nitrogens with one attached hydrogen (secondary N) is 1. The molecule has 0 aliphatic carbocycles. The van der Waals surface area contributed by atoms with Gasteiger partial charge in [0.05, 0.1) is 31.1 Å². The number of nitro groups is 1. The minimum Gasteiger partial charge on any atom is -0.482 e. The van der Waals surface area contributed by atoms with Crippen LogP contribution in [0.2, 0.25) is 0 Å². The number of non-ortho nitro benzene ring substituents is 1. The molecule has 0 saturated carbocycles. The zero-order valence-corrected chi connectivity index (χ0v) is 17.0. The molecule has 0 bridgehead atoms. The summed E-state index contributed by atoms with van der Waals surface area (Å²) in [5, 5.41) is 10.7. The van der Waals surface area contributed by atoms with Crippen LogP contribution >= 0.6 is 0 Å². The zero-order chi connectivity index (χ0) is 21.6. The molecule has 4 rings (SSSR count). The Morgan fingerprint density at radius 1 is 1.06 bits per heavy atom. The van der Waals surface area contributed by atoms with Crippen molar-refractivity contribution < 1.29 is 19.0 Å². The van der Waals surface area contributed by atoms with Crippen LogP contribution in [0.5, 0.6) is 5.75 Å². The summed E-state index contributed by atoms with van der Waals surface area (Å²) in [6.45, 7) is 4.64. The van der Waals surface area contributed by atoms with E-state index in [4.69, 9.17) is 9.15 Å². The number of hydrogen-bond acceptors (Lipinski definition) is 6. The highest BCUT2D eigenvalue weighted by atomic mass is 16.6. The fraction of sp³-hybridized carbons (Fsp3) is 0.261. The lowest BCUT2D eigenvalue weighted by atomic mass is 10.2.